The molecule has 0 rings (SSSR count). The van der Waals surface area contributed by atoms with Gasteiger partial charge in [0, 0.05) is 0 Å². The van der Waals surface area contributed by atoms with Gasteiger partial charge in [-0.1, -0.05) is 0 Å². The largest absolute Gasteiger partial charge is 0.503 e. The van der Waals surface area contributed by atoms with Crippen LogP contribution < -0.4 is 11.9 Å². The molecular weight excluding hydrogens is 132 g/mol. The molecule has 0 aliphatic carbocycles. The quantitative estimate of drug-likeness (QED) is 0.319. The number of carboxylic acid groups (broad SMARTS) is 3. The third-order valence-electron chi connectivity index (χ3n) is 0. The van der Waals surface area contributed by atoms with E-state index in [9.17, 15) is 0 Å². The lowest BCUT2D eigenvalue weighted by Crippen LogP contribution is -2.03. The Kier molecular flexibility index (Phi) is 16.9. The van der Waals surface area contributed by atoms with Gasteiger partial charge in [0.1, 0.15) is 0 Å². The summed E-state index contributed by atoms with van der Waals surface area (Å²) in [4.78, 5) is 17.3. The van der Waals surface area contributed by atoms with Crippen LogP contribution in [-0.2, 0) is 0 Å². The van der Waals surface area contributed by atoms with Crippen LogP contribution in [0.25, 0.3) is 0 Å². The zero-order valence-electron chi connectivity index (χ0n) is 4.44. The summed E-state index contributed by atoms with van der Waals surface area (Å²) in [5.74, 6) is 0. The summed E-state index contributed by atoms with van der Waals surface area (Å²) < 4.78 is 0. The van der Waals surface area contributed by atoms with E-state index in [1.807, 2.05) is 0 Å². The first-order valence-electron chi connectivity index (χ1n) is 1.37. The summed E-state index contributed by atoms with van der Waals surface area (Å²) in [5.41, 5.74) is 4.03. The van der Waals surface area contributed by atoms with Crippen LogP contribution in [0.3, 0.4) is 0 Å². The normalized spacial score (nSPS) is 5.33. The molecule has 0 bridgehead atoms. The first-order valence-corrected chi connectivity index (χ1v) is 1.37. The van der Waals surface area contributed by atoms with E-state index in [2.05, 4.69) is 5.73 Å². The average Bonchev–Trinajstić information content (AvgIpc) is 1.25. The maximum absolute atomic E-state index is 8.78. The first-order chi connectivity index (χ1) is 3.46. The molecule has 0 aromatic carbocycles. The van der Waals surface area contributed by atoms with Crippen LogP contribution in [0.2, 0.25) is 0 Å². The van der Waals surface area contributed by atoms with Gasteiger partial charge in [-0.2, -0.15) is 0 Å². The summed E-state index contributed by atoms with van der Waals surface area (Å²) in [5, 5.41) is 21.1. The minimum atomic E-state index is -1.83. The van der Waals surface area contributed by atoms with Crippen LogP contribution >= 0.6 is 0 Å². The van der Waals surface area contributed by atoms with Gasteiger partial charge in [0.25, 0.3) is 0 Å². The van der Waals surface area contributed by atoms with Gasteiger partial charge in [0.2, 0.25) is 0 Å². The van der Waals surface area contributed by atoms with Crippen molar-refractivity contribution in [1.29, 1.82) is 0 Å². The number of nitrogens with two attached hydrogens (primary N) is 1. The molecule has 0 aliphatic rings. The van der Waals surface area contributed by atoms with Crippen LogP contribution in [0, 0.1) is 0 Å². The Hall–Kier alpha value is -1.50. The topological polar surface area (TPSA) is 156 Å². The Balaban J connectivity index is -0.0000000720. The van der Waals surface area contributed by atoms with E-state index in [1.165, 1.54) is 0 Å². The van der Waals surface area contributed by atoms with E-state index in [0.717, 1.165) is 0 Å². The van der Waals surface area contributed by atoms with Gasteiger partial charge in [-0.15, -0.1) is 0 Å². The molecule has 56 valence electrons. The van der Waals surface area contributed by atoms with Crippen molar-refractivity contribution in [3.63, 3.8) is 0 Å². The molecule has 0 spiro atoms. The summed E-state index contributed by atoms with van der Waals surface area (Å²) in [7, 11) is 0. The van der Waals surface area contributed by atoms with E-state index in [-0.39, 0.29) is 6.15 Å². The molecule has 0 saturated heterocycles. The number of primary amides is 1. The molecule has 0 radical (unpaired) electrons. The van der Waals surface area contributed by atoms with Crippen LogP contribution in [-0.4, -0.2) is 27.6 Å². The van der Waals surface area contributed by atoms with Crippen LogP contribution in [0.15, 0.2) is 0 Å². The Bertz CT molecular complexity index is 71.0. The zero-order chi connectivity index (χ0) is 7.15. The lowest BCUT2D eigenvalue weighted by molar-refractivity contribution is 0.137. The summed E-state index contributed by atoms with van der Waals surface area (Å²) >= 11 is 0. The third-order valence-corrected chi connectivity index (χ3v) is 0. The minimum Gasteiger partial charge on any atom is -0.465 e. The van der Waals surface area contributed by atoms with Gasteiger partial charge in [0.15, 0.2) is 0 Å². The van der Waals surface area contributed by atoms with Crippen molar-refractivity contribution in [2.75, 3.05) is 0 Å². The molecule has 9 heavy (non-hydrogen) atoms. The number of hydrogen-bond donors (Lipinski definition) is 5. The maximum atomic E-state index is 8.78. The Labute approximate surface area is 50.3 Å². The fraction of sp³-hybridized carbons (Fsp3) is 0. The number of carbonyl (C=O) groups is 2. The molecule has 0 aromatic heterocycles. The molecule has 0 aliphatic heterocycles. The lowest BCUT2D eigenvalue weighted by Gasteiger charge is -1.61. The molecule has 7 nitrogen and oxygen atoms in total. The standard InChI is InChI=1S/CH3NO2.CH2O3.H3N/c2*2-1(3)4;/h2H2,(H,3,4);(H2,2,3,4);1H3. The Morgan fingerprint density at radius 2 is 1.11 bits per heavy atom. The molecule has 0 saturated carbocycles. The van der Waals surface area contributed by atoms with E-state index < -0.39 is 12.2 Å². The SMILES string of the molecule is N.NC(=O)O.O=C(O)O. The average molecular weight is 140 g/mol. The molecule has 0 fully saturated rings. The summed E-state index contributed by atoms with van der Waals surface area (Å²) in [6.45, 7) is 0. The summed E-state index contributed by atoms with van der Waals surface area (Å²) in [6.07, 6.45) is -3.17. The van der Waals surface area contributed by atoms with Crippen molar-refractivity contribution in [1.82, 2.24) is 6.15 Å². The summed E-state index contributed by atoms with van der Waals surface area (Å²) in [6, 6.07) is 0. The minimum absolute atomic E-state index is 0. The monoisotopic (exact) mass is 140 g/mol. The second-order valence-electron chi connectivity index (χ2n) is 0.621. The van der Waals surface area contributed by atoms with E-state index >= 15 is 0 Å². The molecule has 1 amide bonds. The van der Waals surface area contributed by atoms with Crippen molar-refractivity contribution in [3.8, 4) is 0 Å². The molecule has 0 aromatic rings. The lowest BCUT2D eigenvalue weighted by atomic mass is 11.3. The maximum Gasteiger partial charge on any atom is 0.503 e. The first kappa shape index (κ1) is 15.6. The fourth-order valence-corrected chi connectivity index (χ4v) is 0. The van der Waals surface area contributed by atoms with Crippen molar-refractivity contribution < 1.29 is 24.9 Å². The molecule has 7 heteroatoms. The van der Waals surface area contributed by atoms with Gasteiger partial charge in [0.05, 0.1) is 0 Å². The van der Waals surface area contributed by atoms with Crippen molar-refractivity contribution in [3.05, 3.63) is 0 Å². The van der Waals surface area contributed by atoms with Crippen molar-refractivity contribution >= 4 is 12.2 Å². The number of hydrogen-bond acceptors (Lipinski definition) is 3. The van der Waals surface area contributed by atoms with Crippen LogP contribution in [0.4, 0.5) is 9.59 Å². The zero-order valence-corrected chi connectivity index (χ0v) is 4.44. The van der Waals surface area contributed by atoms with Gasteiger partial charge in [-0.25, -0.2) is 9.59 Å². The van der Waals surface area contributed by atoms with Crippen molar-refractivity contribution in [2.24, 2.45) is 5.73 Å². The highest BCUT2D eigenvalue weighted by molar-refractivity contribution is 5.61. The third kappa shape index (κ3) is 58.5. The predicted molar refractivity (Wildman–Crippen MR) is 27.9 cm³/mol. The second-order valence-corrected chi connectivity index (χ2v) is 0.621. The molecule has 8 N–H and O–H groups in total. The highest BCUT2D eigenvalue weighted by atomic mass is 16.6. The highest BCUT2D eigenvalue weighted by Gasteiger charge is 1.70. The van der Waals surface area contributed by atoms with Gasteiger partial charge < -0.3 is 27.2 Å². The Morgan fingerprint density at radius 3 is 1.11 bits per heavy atom. The van der Waals surface area contributed by atoms with Crippen LogP contribution in [0.1, 0.15) is 0 Å². The van der Waals surface area contributed by atoms with Gasteiger partial charge >= 0.3 is 12.2 Å². The molecule has 0 atom stereocenters. The van der Waals surface area contributed by atoms with Gasteiger partial charge in [-0.3, -0.25) is 0 Å². The molecular formula is C2H8N2O5. The van der Waals surface area contributed by atoms with E-state index in [4.69, 9.17) is 24.9 Å². The Morgan fingerprint density at radius 1 is 1.11 bits per heavy atom. The number of amides is 1. The van der Waals surface area contributed by atoms with E-state index in [1.54, 1.807) is 0 Å². The predicted octanol–water partition coefficient (Wildman–Crippen LogP) is 0.00750. The fourth-order valence-electron chi connectivity index (χ4n) is 0. The molecule has 0 heterocycles. The molecule has 0 unspecified atom stereocenters. The van der Waals surface area contributed by atoms with E-state index in [0.29, 0.717) is 0 Å². The highest BCUT2D eigenvalue weighted by Crippen LogP contribution is 1.42. The smallest absolute Gasteiger partial charge is 0.465 e. The number of rotatable bonds is 0. The second kappa shape index (κ2) is 9.71. The van der Waals surface area contributed by atoms with Gasteiger partial charge in [-0.05, 0) is 0 Å². The van der Waals surface area contributed by atoms with Crippen LogP contribution in [0.5, 0.6) is 0 Å². The van der Waals surface area contributed by atoms with Crippen molar-refractivity contribution in [2.45, 2.75) is 0 Å².